The van der Waals surface area contributed by atoms with Gasteiger partial charge in [0, 0.05) is 0 Å². The second-order valence-corrected chi connectivity index (χ2v) is 4.45. The number of carbonyl (C=O) groups is 1. The summed E-state index contributed by atoms with van der Waals surface area (Å²) in [6, 6.07) is 4.35. The van der Waals surface area contributed by atoms with Crippen molar-refractivity contribution in [2.24, 2.45) is 0 Å². The molecular formula is C13H12ClFN2O2. The van der Waals surface area contributed by atoms with Crippen LogP contribution < -0.4 is 0 Å². The van der Waals surface area contributed by atoms with Crippen molar-refractivity contribution in [3.63, 3.8) is 0 Å². The van der Waals surface area contributed by atoms with E-state index >= 15 is 0 Å². The lowest BCUT2D eigenvalue weighted by molar-refractivity contribution is 0.0595. The van der Waals surface area contributed by atoms with Crippen LogP contribution in [0.15, 0.2) is 24.4 Å². The largest absolute Gasteiger partial charge is 0.465 e. The van der Waals surface area contributed by atoms with Gasteiger partial charge in [-0.1, -0.05) is 17.7 Å². The molecule has 0 amide bonds. The highest BCUT2D eigenvalue weighted by atomic mass is 35.5. The van der Waals surface area contributed by atoms with Crippen molar-refractivity contribution in [2.45, 2.75) is 13.5 Å². The molecule has 0 saturated carbocycles. The molecule has 0 bridgehead atoms. The van der Waals surface area contributed by atoms with Crippen LogP contribution in [0.2, 0.25) is 5.02 Å². The molecule has 0 aliphatic carbocycles. The van der Waals surface area contributed by atoms with Crippen molar-refractivity contribution in [1.82, 2.24) is 9.78 Å². The molecule has 0 N–H and O–H groups in total. The van der Waals surface area contributed by atoms with Gasteiger partial charge in [0.25, 0.3) is 0 Å². The number of rotatable bonds is 3. The SMILES string of the molecule is COC(=O)c1ccc(Cn2ncc(Cl)c2C)cc1F. The molecule has 4 nitrogen and oxygen atoms in total. The van der Waals surface area contributed by atoms with Gasteiger partial charge in [-0.3, -0.25) is 4.68 Å². The van der Waals surface area contributed by atoms with Gasteiger partial charge in [-0.05, 0) is 24.6 Å². The Labute approximate surface area is 114 Å². The highest BCUT2D eigenvalue weighted by Crippen LogP contribution is 2.17. The van der Waals surface area contributed by atoms with Crippen LogP contribution in [0.25, 0.3) is 0 Å². The van der Waals surface area contributed by atoms with Crippen LogP contribution >= 0.6 is 11.6 Å². The van der Waals surface area contributed by atoms with Gasteiger partial charge in [-0.25, -0.2) is 9.18 Å². The second-order valence-electron chi connectivity index (χ2n) is 4.04. The molecule has 0 fully saturated rings. The number of esters is 1. The number of aromatic nitrogens is 2. The lowest BCUT2D eigenvalue weighted by Crippen LogP contribution is -2.07. The molecule has 0 radical (unpaired) electrons. The van der Waals surface area contributed by atoms with Gasteiger partial charge in [-0.2, -0.15) is 5.10 Å². The quantitative estimate of drug-likeness (QED) is 0.813. The smallest absolute Gasteiger partial charge is 0.340 e. The Hall–Kier alpha value is -1.88. The molecule has 100 valence electrons. The highest BCUT2D eigenvalue weighted by Gasteiger charge is 2.13. The van der Waals surface area contributed by atoms with Crippen LogP contribution in [0.4, 0.5) is 4.39 Å². The van der Waals surface area contributed by atoms with Crippen LogP contribution in [0.1, 0.15) is 21.6 Å². The van der Waals surface area contributed by atoms with Crippen molar-refractivity contribution in [2.75, 3.05) is 7.11 Å². The third-order valence-corrected chi connectivity index (χ3v) is 3.19. The molecule has 0 atom stereocenters. The molecule has 0 saturated heterocycles. The first-order valence-electron chi connectivity index (χ1n) is 5.57. The summed E-state index contributed by atoms with van der Waals surface area (Å²) in [5.41, 5.74) is 1.41. The Balaban J connectivity index is 2.25. The van der Waals surface area contributed by atoms with Gasteiger partial charge in [0.2, 0.25) is 0 Å². The zero-order chi connectivity index (χ0) is 14.0. The summed E-state index contributed by atoms with van der Waals surface area (Å²) in [6.07, 6.45) is 1.54. The first kappa shape index (κ1) is 13.5. The molecular weight excluding hydrogens is 271 g/mol. The van der Waals surface area contributed by atoms with Gasteiger partial charge in [0.05, 0.1) is 36.1 Å². The number of halogens is 2. The maximum Gasteiger partial charge on any atom is 0.340 e. The van der Waals surface area contributed by atoms with Crippen molar-refractivity contribution in [3.8, 4) is 0 Å². The fraction of sp³-hybridized carbons (Fsp3) is 0.231. The molecule has 19 heavy (non-hydrogen) atoms. The van der Waals surface area contributed by atoms with Gasteiger partial charge in [0.15, 0.2) is 0 Å². The van der Waals surface area contributed by atoms with Gasteiger partial charge >= 0.3 is 5.97 Å². The molecule has 2 rings (SSSR count). The molecule has 0 aliphatic heterocycles. The minimum Gasteiger partial charge on any atom is -0.465 e. The number of hydrogen-bond acceptors (Lipinski definition) is 3. The summed E-state index contributed by atoms with van der Waals surface area (Å²) in [7, 11) is 1.21. The standard InChI is InChI=1S/C13H12ClFN2O2/c1-8-11(14)6-16-17(8)7-9-3-4-10(12(15)5-9)13(18)19-2/h3-6H,7H2,1-2H3. The Kier molecular flexibility index (Phi) is 3.85. The minimum absolute atomic E-state index is 0.0820. The normalized spacial score (nSPS) is 10.5. The minimum atomic E-state index is -0.692. The second kappa shape index (κ2) is 5.40. The fourth-order valence-corrected chi connectivity index (χ4v) is 1.83. The molecule has 0 spiro atoms. The number of benzene rings is 1. The lowest BCUT2D eigenvalue weighted by Gasteiger charge is -2.07. The summed E-state index contributed by atoms with van der Waals surface area (Å²) in [4.78, 5) is 11.3. The van der Waals surface area contributed by atoms with E-state index in [2.05, 4.69) is 9.84 Å². The van der Waals surface area contributed by atoms with Crippen molar-refractivity contribution >= 4 is 17.6 Å². The van der Waals surface area contributed by atoms with E-state index in [0.29, 0.717) is 17.1 Å². The first-order chi connectivity index (χ1) is 9.02. The van der Waals surface area contributed by atoms with E-state index in [9.17, 15) is 9.18 Å². The van der Waals surface area contributed by atoms with Crippen LogP contribution in [0, 0.1) is 12.7 Å². The third kappa shape index (κ3) is 2.76. The average Bonchev–Trinajstić information content (AvgIpc) is 2.70. The van der Waals surface area contributed by atoms with E-state index < -0.39 is 11.8 Å². The van der Waals surface area contributed by atoms with E-state index in [1.54, 1.807) is 10.7 Å². The maximum absolute atomic E-state index is 13.7. The number of carbonyl (C=O) groups excluding carboxylic acids is 1. The molecule has 2 aromatic rings. The molecule has 0 unspecified atom stereocenters. The lowest BCUT2D eigenvalue weighted by atomic mass is 10.1. The molecule has 1 aromatic carbocycles. The van der Waals surface area contributed by atoms with Crippen molar-refractivity contribution in [3.05, 3.63) is 52.1 Å². The average molecular weight is 283 g/mol. The number of hydrogen-bond donors (Lipinski definition) is 0. The van der Waals surface area contributed by atoms with Crippen molar-refractivity contribution < 1.29 is 13.9 Å². The Bertz CT molecular complexity index is 625. The van der Waals surface area contributed by atoms with E-state index in [1.165, 1.54) is 25.4 Å². The van der Waals surface area contributed by atoms with E-state index in [0.717, 1.165) is 5.69 Å². The first-order valence-corrected chi connectivity index (χ1v) is 5.95. The Morgan fingerprint density at radius 3 is 2.79 bits per heavy atom. The van der Waals surface area contributed by atoms with Crippen LogP contribution in [-0.4, -0.2) is 22.9 Å². The monoisotopic (exact) mass is 282 g/mol. The number of nitrogens with zero attached hydrogens (tertiary/aromatic N) is 2. The maximum atomic E-state index is 13.7. The van der Waals surface area contributed by atoms with Gasteiger partial charge in [0.1, 0.15) is 5.82 Å². The molecule has 6 heteroatoms. The van der Waals surface area contributed by atoms with E-state index in [1.807, 2.05) is 6.92 Å². The highest BCUT2D eigenvalue weighted by molar-refractivity contribution is 6.31. The summed E-state index contributed by atoms with van der Waals surface area (Å²) in [5, 5.41) is 4.65. The number of ether oxygens (including phenoxy) is 1. The van der Waals surface area contributed by atoms with Gasteiger partial charge < -0.3 is 4.74 Å². The summed E-state index contributed by atoms with van der Waals surface area (Å²) >= 11 is 5.89. The molecule has 0 aliphatic rings. The predicted molar refractivity (Wildman–Crippen MR) is 68.8 cm³/mol. The van der Waals surface area contributed by atoms with Crippen LogP contribution in [-0.2, 0) is 11.3 Å². The van der Waals surface area contributed by atoms with E-state index in [-0.39, 0.29) is 5.56 Å². The van der Waals surface area contributed by atoms with Crippen LogP contribution in [0.3, 0.4) is 0 Å². The Morgan fingerprint density at radius 1 is 1.53 bits per heavy atom. The third-order valence-electron chi connectivity index (χ3n) is 2.81. The zero-order valence-corrected chi connectivity index (χ0v) is 11.2. The van der Waals surface area contributed by atoms with Gasteiger partial charge in [-0.15, -0.1) is 0 Å². The summed E-state index contributed by atoms with van der Waals surface area (Å²) in [6.45, 7) is 2.21. The Morgan fingerprint density at radius 2 is 2.26 bits per heavy atom. The number of methoxy groups -OCH3 is 1. The topological polar surface area (TPSA) is 44.1 Å². The fourth-order valence-electron chi connectivity index (χ4n) is 1.69. The summed E-state index contributed by atoms with van der Waals surface area (Å²) in [5.74, 6) is -1.30. The predicted octanol–water partition coefficient (Wildman–Crippen LogP) is 2.82. The summed E-state index contributed by atoms with van der Waals surface area (Å²) < 4.78 is 19.9. The van der Waals surface area contributed by atoms with Crippen LogP contribution in [0.5, 0.6) is 0 Å². The molecule has 1 heterocycles. The van der Waals surface area contributed by atoms with E-state index in [4.69, 9.17) is 11.6 Å². The van der Waals surface area contributed by atoms with Crippen molar-refractivity contribution in [1.29, 1.82) is 0 Å². The zero-order valence-electron chi connectivity index (χ0n) is 10.5. The molecule has 1 aromatic heterocycles.